The van der Waals surface area contributed by atoms with Gasteiger partial charge in [-0.15, -0.1) is 0 Å². The Kier molecular flexibility index (Phi) is 10.5. The molecule has 0 aromatic rings. The van der Waals surface area contributed by atoms with Crippen molar-refractivity contribution in [3.63, 3.8) is 0 Å². The van der Waals surface area contributed by atoms with E-state index in [9.17, 15) is 4.79 Å². The molecule has 0 aromatic heterocycles. The SMILES string of the molecule is CCC1(OC(=O)CCSCCC[Si](OC)(OC)OC)CCCCC1. The summed E-state index contributed by atoms with van der Waals surface area (Å²) in [4.78, 5) is 12.1. The fourth-order valence-electron chi connectivity index (χ4n) is 3.22. The summed E-state index contributed by atoms with van der Waals surface area (Å²) in [5, 5.41) is 0. The van der Waals surface area contributed by atoms with Crippen LogP contribution in [0.3, 0.4) is 0 Å². The molecule has 5 nitrogen and oxygen atoms in total. The van der Waals surface area contributed by atoms with Crippen molar-refractivity contribution in [2.45, 2.75) is 69.9 Å². The lowest BCUT2D eigenvalue weighted by Gasteiger charge is -2.36. The molecule has 0 unspecified atom stereocenters. The third-order valence-electron chi connectivity index (χ3n) is 4.89. The molecular formula is C17H34O5SSi. The van der Waals surface area contributed by atoms with Crippen molar-refractivity contribution in [1.82, 2.24) is 0 Å². The van der Waals surface area contributed by atoms with Gasteiger partial charge in [-0.1, -0.05) is 13.3 Å². The van der Waals surface area contributed by atoms with Crippen LogP contribution < -0.4 is 0 Å². The van der Waals surface area contributed by atoms with E-state index in [1.165, 1.54) is 19.3 Å². The molecule has 1 aliphatic rings. The van der Waals surface area contributed by atoms with Crippen molar-refractivity contribution in [2.24, 2.45) is 0 Å². The molecule has 24 heavy (non-hydrogen) atoms. The third kappa shape index (κ3) is 7.04. The summed E-state index contributed by atoms with van der Waals surface area (Å²) in [5.41, 5.74) is -0.180. The standard InChI is InChI=1S/C17H34O5SSi/c1-5-17(11-7-6-8-12-17)22-16(18)10-14-23-13-9-15-24(19-2,20-3)21-4/h5-15H2,1-4H3. The Morgan fingerprint density at radius 1 is 1.04 bits per heavy atom. The highest BCUT2D eigenvalue weighted by Crippen LogP contribution is 2.34. The molecule has 0 spiro atoms. The monoisotopic (exact) mass is 378 g/mol. The van der Waals surface area contributed by atoms with Crippen molar-refractivity contribution in [3.05, 3.63) is 0 Å². The molecule has 0 N–H and O–H groups in total. The molecule has 0 aromatic carbocycles. The average molecular weight is 379 g/mol. The van der Waals surface area contributed by atoms with Gasteiger partial charge in [0.15, 0.2) is 0 Å². The second-order valence-corrected chi connectivity index (χ2v) is 10.6. The molecule has 0 saturated heterocycles. The second kappa shape index (κ2) is 11.5. The van der Waals surface area contributed by atoms with Gasteiger partial charge in [0.25, 0.3) is 0 Å². The van der Waals surface area contributed by atoms with Crippen LogP contribution in [0.15, 0.2) is 0 Å². The zero-order valence-corrected chi connectivity index (χ0v) is 17.5. The van der Waals surface area contributed by atoms with Gasteiger partial charge in [0.1, 0.15) is 5.60 Å². The summed E-state index contributed by atoms with van der Waals surface area (Å²) in [6.07, 6.45) is 8.07. The minimum Gasteiger partial charge on any atom is -0.459 e. The number of ether oxygens (including phenoxy) is 1. The molecule has 0 atom stereocenters. The normalized spacial score (nSPS) is 17.7. The Morgan fingerprint density at radius 3 is 2.21 bits per heavy atom. The molecule has 0 heterocycles. The summed E-state index contributed by atoms with van der Waals surface area (Å²) in [6.45, 7) is 2.13. The van der Waals surface area contributed by atoms with E-state index in [4.69, 9.17) is 18.0 Å². The lowest BCUT2D eigenvalue weighted by molar-refractivity contribution is -0.163. The van der Waals surface area contributed by atoms with Gasteiger partial charge >= 0.3 is 14.8 Å². The van der Waals surface area contributed by atoms with Gasteiger partial charge in [-0.25, -0.2) is 0 Å². The maximum absolute atomic E-state index is 12.1. The first kappa shape index (κ1) is 22.0. The summed E-state index contributed by atoms with van der Waals surface area (Å²) >= 11 is 1.78. The molecule has 0 radical (unpaired) electrons. The fraction of sp³-hybridized carbons (Fsp3) is 0.941. The van der Waals surface area contributed by atoms with Crippen LogP contribution in [0.2, 0.25) is 6.04 Å². The fourth-order valence-corrected chi connectivity index (χ4v) is 6.06. The first-order valence-corrected chi connectivity index (χ1v) is 12.1. The van der Waals surface area contributed by atoms with Crippen molar-refractivity contribution < 1.29 is 22.8 Å². The van der Waals surface area contributed by atoms with Crippen LogP contribution in [0.1, 0.15) is 58.3 Å². The smallest absolute Gasteiger partial charge is 0.459 e. The Balaban J connectivity index is 2.17. The maximum Gasteiger partial charge on any atom is 0.500 e. The van der Waals surface area contributed by atoms with Crippen molar-refractivity contribution in [3.8, 4) is 0 Å². The predicted octanol–water partition coefficient (Wildman–Crippen LogP) is 4.03. The van der Waals surface area contributed by atoms with E-state index in [1.807, 2.05) is 0 Å². The Hall–Kier alpha value is -0.0831. The predicted molar refractivity (Wildman–Crippen MR) is 100 cm³/mol. The quantitative estimate of drug-likeness (QED) is 0.290. The molecule has 1 fully saturated rings. The van der Waals surface area contributed by atoms with E-state index >= 15 is 0 Å². The minimum atomic E-state index is -2.45. The van der Waals surface area contributed by atoms with Crippen molar-refractivity contribution >= 4 is 26.5 Å². The molecule has 1 rings (SSSR count). The van der Waals surface area contributed by atoms with Crippen LogP contribution in [0.5, 0.6) is 0 Å². The van der Waals surface area contributed by atoms with E-state index in [0.29, 0.717) is 6.42 Å². The summed E-state index contributed by atoms with van der Waals surface area (Å²) in [7, 11) is 2.46. The molecule has 0 aliphatic heterocycles. The molecule has 1 aliphatic carbocycles. The first-order chi connectivity index (χ1) is 11.6. The number of carbonyl (C=O) groups excluding carboxylic acids is 1. The zero-order chi connectivity index (χ0) is 17.9. The van der Waals surface area contributed by atoms with Crippen LogP contribution >= 0.6 is 11.8 Å². The van der Waals surface area contributed by atoms with E-state index in [1.54, 1.807) is 33.1 Å². The largest absolute Gasteiger partial charge is 0.500 e. The summed E-state index contributed by atoms with van der Waals surface area (Å²) in [5.74, 6) is 1.73. The number of hydrogen-bond donors (Lipinski definition) is 0. The van der Waals surface area contributed by atoms with Crippen molar-refractivity contribution in [2.75, 3.05) is 32.8 Å². The van der Waals surface area contributed by atoms with Crippen LogP contribution in [-0.4, -0.2) is 53.2 Å². The summed E-state index contributed by atoms with van der Waals surface area (Å²) < 4.78 is 22.0. The van der Waals surface area contributed by atoms with Crippen molar-refractivity contribution in [1.29, 1.82) is 0 Å². The topological polar surface area (TPSA) is 54.0 Å². The third-order valence-corrected chi connectivity index (χ3v) is 8.80. The number of thioether (sulfide) groups is 1. The van der Waals surface area contributed by atoms with Crippen LogP contribution in [-0.2, 0) is 22.8 Å². The van der Waals surface area contributed by atoms with Gasteiger partial charge in [0, 0.05) is 33.1 Å². The maximum atomic E-state index is 12.1. The molecular weight excluding hydrogens is 344 g/mol. The zero-order valence-electron chi connectivity index (χ0n) is 15.7. The number of esters is 1. The van der Waals surface area contributed by atoms with Gasteiger partial charge in [0.2, 0.25) is 0 Å². The second-order valence-electron chi connectivity index (χ2n) is 6.33. The molecule has 7 heteroatoms. The van der Waals surface area contributed by atoms with Crippen LogP contribution in [0, 0.1) is 0 Å². The van der Waals surface area contributed by atoms with Gasteiger partial charge < -0.3 is 18.0 Å². The summed E-state index contributed by atoms with van der Waals surface area (Å²) in [6, 6.07) is 0.799. The van der Waals surface area contributed by atoms with Gasteiger partial charge in [-0.3, -0.25) is 4.79 Å². The number of carbonyl (C=O) groups is 1. The number of rotatable bonds is 12. The van der Waals surface area contributed by atoms with E-state index in [-0.39, 0.29) is 11.6 Å². The minimum absolute atomic E-state index is 0.0411. The van der Waals surface area contributed by atoms with Crippen LogP contribution in [0.4, 0.5) is 0 Å². The lowest BCUT2D eigenvalue weighted by atomic mass is 9.83. The van der Waals surface area contributed by atoms with Gasteiger partial charge in [-0.2, -0.15) is 11.8 Å². The average Bonchev–Trinajstić information content (AvgIpc) is 2.62. The highest BCUT2D eigenvalue weighted by molar-refractivity contribution is 7.99. The lowest BCUT2D eigenvalue weighted by Crippen LogP contribution is -2.42. The molecule has 142 valence electrons. The van der Waals surface area contributed by atoms with Crippen LogP contribution in [0.25, 0.3) is 0 Å². The molecule has 0 amide bonds. The highest BCUT2D eigenvalue weighted by Gasteiger charge is 2.37. The Morgan fingerprint density at radius 2 is 1.67 bits per heavy atom. The van der Waals surface area contributed by atoms with Gasteiger partial charge in [0.05, 0.1) is 6.42 Å². The highest BCUT2D eigenvalue weighted by atomic mass is 32.2. The van der Waals surface area contributed by atoms with Gasteiger partial charge in [-0.05, 0) is 44.3 Å². The van der Waals surface area contributed by atoms with E-state index in [0.717, 1.165) is 43.2 Å². The van der Waals surface area contributed by atoms with E-state index < -0.39 is 8.80 Å². The Labute approximate surface area is 152 Å². The Bertz CT molecular complexity index is 349. The molecule has 0 bridgehead atoms. The number of hydrogen-bond acceptors (Lipinski definition) is 6. The first-order valence-electron chi connectivity index (χ1n) is 9.00. The van der Waals surface area contributed by atoms with E-state index in [2.05, 4.69) is 6.92 Å². The molecule has 1 saturated carbocycles.